The van der Waals surface area contributed by atoms with Crippen LogP contribution < -0.4 is 5.32 Å². The number of nitrogens with one attached hydrogen (secondary N) is 1. The number of carbonyl (C=O) groups is 1. The van der Waals surface area contributed by atoms with Crippen LogP contribution in [0.1, 0.15) is 53.2 Å². The van der Waals surface area contributed by atoms with Crippen molar-refractivity contribution < 1.29 is 45.3 Å². The first-order chi connectivity index (χ1) is 18.1. The van der Waals surface area contributed by atoms with Gasteiger partial charge in [0.1, 0.15) is 23.5 Å². The Bertz CT molecular complexity index is 1050. The lowest BCUT2D eigenvalue weighted by molar-refractivity contribution is -0.181. The molecule has 1 saturated heterocycles. The maximum atomic E-state index is 12.1. The SMILES string of the molecule is Cc1cc(O)c([C@H]2C[C@@H](O)[C@@H](O)[C@@H](CO)O2)cc1Cc1ccc(CCCC(=O)NC(CO)(CO)CO)cc1. The highest BCUT2D eigenvalue weighted by molar-refractivity contribution is 5.76. The fraction of sp³-hybridized carbons (Fsp3) is 0.536. The average Bonchev–Trinajstić information content (AvgIpc) is 2.91. The molecule has 10 nitrogen and oxygen atoms in total. The Hall–Kier alpha value is -2.57. The molecule has 1 amide bonds. The molecule has 0 spiro atoms. The molecule has 10 heteroatoms. The van der Waals surface area contributed by atoms with Crippen molar-refractivity contribution in [3.05, 3.63) is 64.2 Å². The number of benzene rings is 2. The highest BCUT2D eigenvalue weighted by Crippen LogP contribution is 2.38. The number of aliphatic hydroxyl groups excluding tert-OH is 6. The maximum Gasteiger partial charge on any atom is 0.220 e. The number of ether oxygens (including phenoxy) is 1. The summed E-state index contributed by atoms with van der Waals surface area (Å²) in [6, 6.07) is 11.4. The molecule has 2 aromatic carbocycles. The maximum absolute atomic E-state index is 12.1. The quantitative estimate of drug-likeness (QED) is 0.186. The molecule has 210 valence electrons. The lowest BCUT2D eigenvalue weighted by Crippen LogP contribution is -2.57. The summed E-state index contributed by atoms with van der Waals surface area (Å²) in [7, 11) is 0. The van der Waals surface area contributed by atoms with E-state index in [1.165, 1.54) is 0 Å². The van der Waals surface area contributed by atoms with Crippen molar-refractivity contribution in [2.24, 2.45) is 0 Å². The van der Waals surface area contributed by atoms with Gasteiger partial charge in [-0.1, -0.05) is 24.3 Å². The van der Waals surface area contributed by atoms with Gasteiger partial charge in [0, 0.05) is 18.4 Å². The fourth-order valence-electron chi connectivity index (χ4n) is 4.63. The standard InChI is InChI=1S/C28H39NO9/c1-17-9-22(34)21(24-12-23(35)27(37)25(13-30)38-24)11-20(17)10-19-7-5-18(6-8-19)3-2-4-26(36)29-28(14-31,15-32)16-33/h5-9,11,23-25,27,30-35,37H,2-4,10,12-16H2,1H3,(H,29,36)/t23-,24-,25-,27-/m1/s1. The molecule has 8 N–H and O–H groups in total. The lowest BCUT2D eigenvalue weighted by Gasteiger charge is -2.37. The van der Waals surface area contributed by atoms with Crippen molar-refractivity contribution in [3.63, 3.8) is 0 Å². The van der Waals surface area contributed by atoms with Crippen molar-refractivity contribution in [1.82, 2.24) is 5.32 Å². The van der Waals surface area contributed by atoms with Gasteiger partial charge in [-0.05, 0) is 60.6 Å². The minimum Gasteiger partial charge on any atom is -0.508 e. The summed E-state index contributed by atoms with van der Waals surface area (Å²) in [6.45, 7) is -0.223. The Kier molecular flexibility index (Phi) is 10.6. The van der Waals surface area contributed by atoms with Crippen LogP contribution >= 0.6 is 0 Å². The van der Waals surface area contributed by atoms with Crippen LogP contribution in [0, 0.1) is 6.92 Å². The van der Waals surface area contributed by atoms with Gasteiger partial charge in [0.05, 0.1) is 38.6 Å². The highest BCUT2D eigenvalue weighted by atomic mass is 16.5. The van der Waals surface area contributed by atoms with E-state index in [2.05, 4.69) is 5.32 Å². The normalized spacial score (nSPS) is 21.9. The predicted molar refractivity (Wildman–Crippen MR) is 138 cm³/mol. The molecule has 0 radical (unpaired) electrons. The molecule has 0 aromatic heterocycles. The van der Waals surface area contributed by atoms with Crippen LogP contribution in [0.2, 0.25) is 0 Å². The molecule has 0 bridgehead atoms. The second-order valence-electron chi connectivity index (χ2n) is 10.1. The number of phenolic OH excluding ortho intramolecular Hbond substituents is 1. The first kappa shape index (κ1) is 30.0. The van der Waals surface area contributed by atoms with Gasteiger partial charge in [0.2, 0.25) is 5.91 Å². The minimum absolute atomic E-state index is 0.0325. The van der Waals surface area contributed by atoms with E-state index in [1.807, 2.05) is 37.3 Å². The number of phenols is 1. The van der Waals surface area contributed by atoms with Crippen LogP contribution in [-0.2, 0) is 22.4 Å². The Morgan fingerprint density at radius 1 is 1.03 bits per heavy atom. The Labute approximate surface area is 222 Å². The largest absolute Gasteiger partial charge is 0.508 e. The third kappa shape index (κ3) is 7.29. The molecule has 38 heavy (non-hydrogen) atoms. The summed E-state index contributed by atoms with van der Waals surface area (Å²) in [4.78, 5) is 12.1. The third-order valence-electron chi connectivity index (χ3n) is 7.18. The Morgan fingerprint density at radius 2 is 1.66 bits per heavy atom. The van der Waals surface area contributed by atoms with Gasteiger partial charge in [0.15, 0.2) is 0 Å². The van der Waals surface area contributed by atoms with E-state index in [9.17, 15) is 40.5 Å². The monoisotopic (exact) mass is 533 g/mol. The minimum atomic E-state index is -1.42. The van der Waals surface area contributed by atoms with Crippen LogP contribution in [0.5, 0.6) is 5.75 Å². The molecule has 1 aliphatic heterocycles. The zero-order valence-electron chi connectivity index (χ0n) is 21.6. The third-order valence-corrected chi connectivity index (χ3v) is 7.18. The summed E-state index contributed by atoms with van der Waals surface area (Å²) in [5.41, 5.74) is 3.01. The van der Waals surface area contributed by atoms with Crippen molar-refractivity contribution >= 4 is 5.91 Å². The number of amides is 1. The van der Waals surface area contributed by atoms with Gasteiger partial charge in [-0.3, -0.25) is 4.79 Å². The van der Waals surface area contributed by atoms with Crippen molar-refractivity contribution in [1.29, 1.82) is 0 Å². The molecule has 0 saturated carbocycles. The highest BCUT2D eigenvalue weighted by Gasteiger charge is 2.38. The molecule has 0 aliphatic carbocycles. The zero-order valence-corrected chi connectivity index (χ0v) is 21.6. The topological polar surface area (TPSA) is 180 Å². The van der Waals surface area contributed by atoms with E-state index in [4.69, 9.17) is 4.74 Å². The van der Waals surface area contributed by atoms with Gasteiger partial charge in [-0.2, -0.15) is 0 Å². The number of carbonyl (C=O) groups excluding carboxylic acids is 1. The summed E-state index contributed by atoms with van der Waals surface area (Å²) >= 11 is 0. The predicted octanol–water partition coefficient (Wildman–Crippen LogP) is -0.00988. The molecule has 4 atom stereocenters. The van der Waals surface area contributed by atoms with E-state index in [0.29, 0.717) is 24.8 Å². The van der Waals surface area contributed by atoms with Gasteiger partial charge >= 0.3 is 0 Å². The first-order valence-corrected chi connectivity index (χ1v) is 12.8. The number of hydrogen-bond acceptors (Lipinski definition) is 9. The second-order valence-corrected chi connectivity index (χ2v) is 10.1. The van der Waals surface area contributed by atoms with Crippen LogP contribution in [0.15, 0.2) is 36.4 Å². The summed E-state index contributed by atoms with van der Waals surface area (Å²) in [6.07, 6.45) is -1.78. The van der Waals surface area contributed by atoms with Crippen molar-refractivity contribution in [3.8, 4) is 5.75 Å². The van der Waals surface area contributed by atoms with Gasteiger partial charge in [-0.25, -0.2) is 0 Å². The molecule has 0 unspecified atom stereocenters. The van der Waals surface area contributed by atoms with Gasteiger partial charge < -0.3 is 45.8 Å². The van der Waals surface area contributed by atoms with Gasteiger partial charge in [-0.15, -0.1) is 0 Å². The zero-order chi connectivity index (χ0) is 27.9. The molecule has 2 aromatic rings. The van der Waals surface area contributed by atoms with Crippen LogP contribution in [0.4, 0.5) is 0 Å². The van der Waals surface area contributed by atoms with Crippen LogP contribution in [0.25, 0.3) is 0 Å². The van der Waals surface area contributed by atoms with Gasteiger partial charge in [0.25, 0.3) is 0 Å². The van der Waals surface area contributed by atoms with E-state index in [0.717, 1.165) is 22.3 Å². The van der Waals surface area contributed by atoms with E-state index in [-0.39, 0.29) is 24.5 Å². The number of aryl methyl sites for hydroxylation is 2. The Morgan fingerprint density at radius 3 is 2.26 bits per heavy atom. The molecule has 1 heterocycles. The lowest BCUT2D eigenvalue weighted by atomic mass is 9.90. The summed E-state index contributed by atoms with van der Waals surface area (Å²) < 4.78 is 5.76. The summed E-state index contributed by atoms with van der Waals surface area (Å²) in [5, 5.41) is 70.7. The average molecular weight is 534 g/mol. The molecular formula is C28H39NO9. The van der Waals surface area contributed by atoms with E-state index >= 15 is 0 Å². The molecule has 1 fully saturated rings. The van der Waals surface area contributed by atoms with Crippen LogP contribution in [-0.4, -0.2) is 91.9 Å². The number of hydrogen-bond donors (Lipinski definition) is 8. The molecule has 1 aliphatic rings. The van der Waals surface area contributed by atoms with Crippen LogP contribution in [0.3, 0.4) is 0 Å². The molecular weight excluding hydrogens is 494 g/mol. The second kappa shape index (κ2) is 13.5. The number of aromatic hydroxyl groups is 1. The van der Waals surface area contributed by atoms with E-state index < -0.39 is 56.4 Å². The van der Waals surface area contributed by atoms with Crippen molar-refractivity contribution in [2.75, 3.05) is 26.4 Å². The first-order valence-electron chi connectivity index (χ1n) is 12.8. The molecule has 3 rings (SSSR count). The number of rotatable bonds is 12. The fourth-order valence-corrected chi connectivity index (χ4v) is 4.63. The van der Waals surface area contributed by atoms with E-state index in [1.54, 1.807) is 6.07 Å². The summed E-state index contributed by atoms with van der Waals surface area (Å²) in [5.74, 6) is -0.322. The smallest absolute Gasteiger partial charge is 0.220 e. The number of aliphatic hydroxyl groups is 6. The van der Waals surface area contributed by atoms with Crippen molar-refractivity contribution in [2.45, 2.75) is 69.0 Å². The Balaban J connectivity index is 1.61.